The van der Waals surface area contributed by atoms with Crippen molar-refractivity contribution < 1.29 is 9.90 Å². The molecular formula is C16H14N2O2. The lowest BCUT2D eigenvalue weighted by molar-refractivity contribution is 0.102. The minimum Gasteiger partial charge on any atom is -0.508 e. The van der Waals surface area contributed by atoms with Crippen LogP contribution in [0.2, 0.25) is 0 Å². The van der Waals surface area contributed by atoms with E-state index in [4.69, 9.17) is 0 Å². The average Bonchev–Trinajstić information content (AvgIpc) is 2.86. The number of aromatic nitrogens is 1. The van der Waals surface area contributed by atoms with Crippen LogP contribution >= 0.6 is 0 Å². The van der Waals surface area contributed by atoms with Gasteiger partial charge in [0.25, 0.3) is 5.91 Å². The monoisotopic (exact) mass is 266 g/mol. The zero-order chi connectivity index (χ0) is 14.1. The summed E-state index contributed by atoms with van der Waals surface area (Å²) in [5, 5.41) is 13.1. The van der Waals surface area contributed by atoms with E-state index in [1.54, 1.807) is 24.4 Å². The molecular weight excluding hydrogens is 252 g/mol. The summed E-state index contributed by atoms with van der Waals surface area (Å²) in [6.07, 6.45) is 1.70. The summed E-state index contributed by atoms with van der Waals surface area (Å²) >= 11 is 0. The Morgan fingerprint density at radius 1 is 1.20 bits per heavy atom. The van der Waals surface area contributed by atoms with Crippen LogP contribution in [0.3, 0.4) is 0 Å². The molecule has 0 atom stereocenters. The first-order chi connectivity index (χ1) is 9.65. The predicted octanol–water partition coefficient (Wildman–Crippen LogP) is 3.43. The molecule has 3 aromatic rings. The zero-order valence-corrected chi connectivity index (χ0v) is 11.0. The summed E-state index contributed by atoms with van der Waals surface area (Å²) in [5.74, 6) is 0.0174. The lowest BCUT2D eigenvalue weighted by atomic mass is 10.1. The molecule has 0 aliphatic rings. The van der Waals surface area contributed by atoms with Gasteiger partial charge in [-0.1, -0.05) is 18.2 Å². The molecule has 0 bridgehead atoms. The first-order valence-electron chi connectivity index (χ1n) is 6.32. The molecule has 0 unspecified atom stereocenters. The lowest BCUT2D eigenvalue weighted by Gasteiger charge is -2.08. The Bertz CT molecular complexity index is 790. The van der Waals surface area contributed by atoms with Gasteiger partial charge in [-0.2, -0.15) is 0 Å². The number of nitrogens with one attached hydrogen (secondary N) is 2. The Balaban J connectivity index is 1.93. The van der Waals surface area contributed by atoms with Crippen molar-refractivity contribution in [1.82, 2.24) is 4.98 Å². The number of aromatic hydroxyl groups is 1. The Kier molecular flexibility index (Phi) is 2.91. The van der Waals surface area contributed by atoms with Crippen LogP contribution in [0.25, 0.3) is 10.9 Å². The summed E-state index contributed by atoms with van der Waals surface area (Å²) in [7, 11) is 0. The van der Waals surface area contributed by atoms with E-state index in [0.717, 1.165) is 16.5 Å². The number of carbonyl (C=O) groups excluding carboxylic acids is 1. The van der Waals surface area contributed by atoms with Crippen molar-refractivity contribution >= 4 is 22.5 Å². The second-order valence-corrected chi connectivity index (χ2v) is 4.70. The van der Waals surface area contributed by atoms with Gasteiger partial charge in [0.05, 0.1) is 5.56 Å². The van der Waals surface area contributed by atoms with Crippen molar-refractivity contribution in [2.75, 3.05) is 5.32 Å². The van der Waals surface area contributed by atoms with Crippen LogP contribution in [0.1, 0.15) is 15.9 Å². The molecule has 0 fully saturated rings. The number of para-hydroxylation sites is 1. The van der Waals surface area contributed by atoms with Crippen LogP contribution in [0.4, 0.5) is 5.69 Å². The maximum Gasteiger partial charge on any atom is 0.257 e. The van der Waals surface area contributed by atoms with Crippen LogP contribution in [-0.4, -0.2) is 16.0 Å². The number of phenolic OH excluding ortho intramolecular Hbond substituents is 1. The van der Waals surface area contributed by atoms with Crippen molar-refractivity contribution in [1.29, 1.82) is 0 Å². The molecule has 4 nitrogen and oxygen atoms in total. The molecule has 20 heavy (non-hydrogen) atoms. The van der Waals surface area contributed by atoms with Gasteiger partial charge >= 0.3 is 0 Å². The summed E-state index contributed by atoms with van der Waals surface area (Å²) in [5.41, 5.74) is 3.05. The summed E-state index contributed by atoms with van der Waals surface area (Å²) in [4.78, 5) is 15.4. The zero-order valence-electron chi connectivity index (χ0n) is 11.0. The van der Waals surface area contributed by atoms with Crippen LogP contribution < -0.4 is 5.32 Å². The molecule has 1 heterocycles. The Hall–Kier alpha value is -2.75. The molecule has 0 saturated heterocycles. The first kappa shape index (κ1) is 12.3. The van der Waals surface area contributed by atoms with E-state index in [1.807, 2.05) is 31.2 Å². The number of hydrogen-bond donors (Lipinski definition) is 3. The fourth-order valence-electron chi connectivity index (χ4n) is 2.24. The van der Waals surface area contributed by atoms with Gasteiger partial charge < -0.3 is 15.4 Å². The number of aryl methyl sites for hydroxylation is 1. The third-order valence-electron chi connectivity index (χ3n) is 3.29. The minimum absolute atomic E-state index is 0.170. The van der Waals surface area contributed by atoms with E-state index in [1.165, 1.54) is 0 Å². The topological polar surface area (TPSA) is 65.1 Å². The van der Waals surface area contributed by atoms with E-state index in [9.17, 15) is 9.90 Å². The third kappa shape index (κ3) is 2.12. The molecule has 2 aromatic carbocycles. The highest BCUT2D eigenvalue weighted by molar-refractivity contribution is 6.12. The Morgan fingerprint density at radius 2 is 2.00 bits per heavy atom. The number of amides is 1. The highest BCUT2D eigenvalue weighted by Gasteiger charge is 2.12. The maximum absolute atomic E-state index is 12.3. The second-order valence-electron chi connectivity index (χ2n) is 4.70. The molecule has 0 aliphatic carbocycles. The largest absolute Gasteiger partial charge is 0.508 e. The number of aromatic amines is 1. The van der Waals surface area contributed by atoms with E-state index in [2.05, 4.69) is 10.3 Å². The van der Waals surface area contributed by atoms with E-state index < -0.39 is 0 Å². The van der Waals surface area contributed by atoms with Crippen molar-refractivity contribution in [3.63, 3.8) is 0 Å². The number of benzene rings is 2. The van der Waals surface area contributed by atoms with Gasteiger partial charge in [-0.05, 0) is 36.8 Å². The number of anilines is 1. The third-order valence-corrected chi connectivity index (χ3v) is 3.29. The molecule has 0 radical (unpaired) electrons. The second kappa shape index (κ2) is 4.74. The van der Waals surface area contributed by atoms with Gasteiger partial charge in [0.1, 0.15) is 5.75 Å². The van der Waals surface area contributed by atoms with Crippen molar-refractivity contribution in [2.24, 2.45) is 0 Å². The number of phenols is 1. The standard InChI is InChI=1S/C16H14N2O2/c1-10-8-11(19)6-7-14(10)18-16(20)13-9-17-15-5-3-2-4-12(13)15/h2-9,17,19H,1H3,(H,18,20). The molecule has 1 amide bonds. The summed E-state index contributed by atoms with van der Waals surface area (Å²) in [6, 6.07) is 12.5. The van der Waals surface area contributed by atoms with E-state index in [-0.39, 0.29) is 11.7 Å². The Morgan fingerprint density at radius 3 is 2.80 bits per heavy atom. The Labute approximate surface area is 116 Å². The molecule has 0 spiro atoms. The molecule has 0 aliphatic heterocycles. The number of carbonyl (C=O) groups is 1. The predicted molar refractivity (Wildman–Crippen MR) is 79.1 cm³/mol. The van der Waals surface area contributed by atoms with E-state index in [0.29, 0.717) is 11.3 Å². The molecule has 1 aromatic heterocycles. The molecule has 0 saturated carbocycles. The molecule has 3 rings (SSSR count). The van der Waals surface area contributed by atoms with Crippen molar-refractivity contribution in [2.45, 2.75) is 6.92 Å². The van der Waals surface area contributed by atoms with Crippen LogP contribution in [0.5, 0.6) is 5.75 Å². The van der Waals surface area contributed by atoms with Gasteiger partial charge in [-0.3, -0.25) is 4.79 Å². The van der Waals surface area contributed by atoms with Gasteiger partial charge in [0.15, 0.2) is 0 Å². The normalized spacial score (nSPS) is 10.7. The van der Waals surface area contributed by atoms with Gasteiger partial charge in [0, 0.05) is 22.8 Å². The number of hydrogen-bond acceptors (Lipinski definition) is 2. The SMILES string of the molecule is Cc1cc(O)ccc1NC(=O)c1c[nH]c2ccccc12. The summed E-state index contributed by atoms with van der Waals surface area (Å²) < 4.78 is 0. The quantitative estimate of drug-likeness (QED) is 0.622. The fourth-order valence-corrected chi connectivity index (χ4v) is 2.24. The first-order valence-corrected chi connectivity index (χ1v) is 6.32. The fraction of sp³-hybridized carbons (Fsp3) is 0.0625. The number of H-pyrrole nitrogens is 1. The van der Waals surface area contributed by atoms with Crippen LogP contribution in [0, 0.1) is 6.92 Å². The highest BCUT2D eigenvalue weighted by atomic mass is 16.3. The van der Waals surface area contributed by atoms with E-state index >= 15 is 0 Å². The summed E-state index contributed by atoms with van der Waals surface area (Å²) in [6.45, 7) is 1.84. The molecule has 3 N–H and O–H groups in total. The van der Waals surface area contributed by atoms with Crippen LogP contribution in [0.15, 0.2) is 48.7 Å². The highest BCUT2D eigenvalue weighted by Crippen LogP contribution is 2.23. The smallest absolute Gasteiger partial charge is 0.257 e. The van der Waals surface area contributed by atoms with Gasteiger partial charge in [0.2, 0.25) is 0 Å². The van der Waals surface area contributed by atoms with Crippen molar-refractivity contribution in [3.05, 3.63) is 59.8 Å². The number of rotatable bonds is 2. The van der Waals surface area contributed by atoms with Crippen LogP contribution in [-0.2, 0) is 0 Å². The average molecular weight is 266 g/mol. The van der Waals surface area contributed by atoms with Gasteiger partial charge in [-0.15, -0.1) is 0 Å². The molecule has 100 valence electrons. The van der Waals surface area contributed by atoms with Crippen molar-refractivity contribution in [3.8, 4) is 5.75 Å². The maximum atomic E-state index is 12.3. The lowest BCUT2D eigenvalue weighted by Crippen LogP contribution is -2.12. The molecule has 4 heteroatoms. The van der Waals surface area contributed by atoms with Gasteiger partial charge in [-0.25, -0.2) is 0 Å². The minimum atomic E-state index is -0.170. The number of fused-ring (bicyclic) bond motifs is 1.